The molecule has 0 atom stereocenters. The van der Waals surface area contributed by atoms with Crippen molar-refractivity contribution in [1.29, 1.82) is 0 Å². The van der Waals surface area contributed by atoms with Crippen molar-refractivity contribution in [2.75, 3.05) is 19.3 Å². The Morgan fingerprint density at radius 2 is 2.29 bits per heavy atom. The molecule has 3 N–H and O–H groups in total. The molecule has 0 amide bonds. The molecule has 0 fully saturated rings. The van der Waals surface area contributed by atoms with Gasteiger partial charge in [-0.1, -0.05) is 6.08 Å². The molecular weight excluding hydrogens is 174 g/mol. The Balaban J connectivity index is 2.65. The molecule has 3 nitrogen and oxygen atoms in total. The van der Waals surface area contributed by atoms with Gasteiger partial charge in [0.05, 0.1) is 11.4 Å². The van der Waals surface area contributed by atoms with Gasteiger partial charge in [0.15, 0.2) is 0 Å². The predicted octanol–water partition coefficient (Wildman–Crippen LogP) is 1.59. The van der Waals surface area contributed by atoms with Crippen molar-refractivity contribution in [2.45, 2.75) is 13.3 Å². The molecule has 1 aromatic rings. The summed E-state index contributed by atoms with van der Waals surface area (Å²) in [4.78, 5) is 4.34. The fourth-order valence-electron chi connectivity index (χ4n) is 1.14. The van der Waals surface area contributed by atoms with Gasteiger partial charge in [-0.25, -0.2) is 0 Å². The summed E-state index contributed by atoms with van der Waals surface area (Å²) >= 11 is 0. The van der Waals surface area contributed by atoms with Crippen LogP contribution in [0.1, 0.15) is 17.8 Å². The molecule has 1 aromatic heterocycles. The summed E-state index contributed by atoms with van der Waals surface area (Å²) in [5.41, 5.74) is 8.36. The van der Waals surface area contributed by atoms with Gasteiger partial charge in [0, 0.05) is 5.69 Å². The van der Waals surface area contributed by atoms with Crippen molar-refractivity contribution in [3.8, 4) is 0 Å². The highest BCUT2D eigenvalue weighted by Gasteiger charge is 1.95. The molecule has 76 valence electrons. The van der Waals surface area contributed by atoms with E-state index < -0.39 is 0 Å². The van der Waals surface area contributed by atoms with E-state index in [1.54, 1.807) is 0 Å². The zero-order valence-electron chi connectivity index (χ0n) is 8.75. The lowest BCUT2D eigenvalue weighted by Crippen LogP contribution is -2.05. The summed E-state index contributed by atoms with van der Waals surface area (Å²) in [6.45, 7) is 2.94. The number of nitrogens with two attached hydrogens (primary N) is 1. The number of hydrogen-bond donors (Lipinski definition) is 2. The minimum absolute atomic E-state index is 0.733. The highest BCUT2D eigenvalue weighted by molar-refractivity contribution is 5.60. The lowest BCUT2D eigenvalue weighted by atomic mass is 10.2. The van der Waals surface area contributed by atoms with Crippen molar-refractivity contribution < 1.29 is 0 Å². The van der Waals surface area contributed by atoms with Gasteiger partial charge in [0.1, 0.15) is 0 Å². The normalized spacial score (nSPS) is 11.0. The van der Waals surface area contributed by atoms with Gasteiger partial charge in [0.2, 0.25) is 0 Å². The van der Waals surface area contributed by atoms with E-state index >= 15 is 0 Å². The Bertz CT molecular complexity index is 318. The van der Waals surface area contributed by atoms with Gasteiger partial charge in [-0.3, -0.25) is 4.98 Å². The van der Waals surface area contributed by atoms with Gasteiger partial charge in [-0.2, -0.15) is 0 Å². The minimum atomic E-state index is 0.733. The quantitative estimate of drug-likeness (QED) is 0.711. The number of nitrogens with zero attached hydrogens (tertiary/aromatic N) is 1. The average Bonchev–Trinajstić information content (AvgIpc) is 2.18. The lowest BCUT2D eigenvalue weighted by Gasteiger charge is -2.00. The van der Waals surface area contributed by atoms with E-state index in [2.05, 4.69) is 16.4 Å². The number of nitrogen functional groups attached to an aromatic ring is 1. The number of anilines is 1. The first kappa shape index (κ1) is 10.7. The highest BCUT2D eigenvalue weighted by atomic mass is 14.8. The summed E-state index contributed by atoms with van der Waals surface area (Å²) in [6.07, 6.45) is 5.04. The third kappa shape index (κ3) is 3.18. The topological polar surface area (TPSA) is 50.9 Å². The molecular formula is C11H17N3. The molecule has 3 heteroatoms. The van der Waals surface area contributed by atoms with Crippen LogP contribution in [0.5, 0.6) is 0 Å². The summed E-state index contributed by atoms with van der Waals surface area (Å²) in [6, 6.07) is 3.81. The van der Waals surface area contributed by atoms with E-state index in [-0.39, 0.29) is 0 Å². The van der Waals surface area contributed by atoms with Crippen LogP contribution in [0.2, 0.25) is 0 Å². The van der Waals surface area contributed by atoms with E-state index in [1.807, 2.05) is 32.2 Å². The van der Waals surface area contributed by atoms with Crippen LogP contribution in [0.25, 0.3) is 6.08 Å². The Morgan fingerprint density at radius 3 is 3.00 bits per heavy atom. The molecule has 0 aliphatic rings. The molecule has 0 radical (unpaired) electrons. The van der Waals surface area contributed by atoms with Crippen LogP contribution in [0.3, 0.4) is 0 Å². The monoisotopic (exact) mass is 191 g/mol. The SMILES string of the molecule is CNCCC=Cc1nc(C)ccc1N. The first-order chi connectivity index (χ1) is 6.74. The number of pyridine rings is 1. The fourth-order valence-corrected chi connectivity index (χ4v) is 1.14. The van der Waals surface area contributed by atoms with E-state index in [9.17, 15) is 0 Å². The summed E-state index contributed by atoms with van der Waals surface area (Å²) in [5, 5.41) is 3.08. The van der Waals surface area contributed by atoms with Crippen LogP contribution in [-0.2, 0) is 0 Å². The largest absolute Gasteiger partial charge is 0.397 e. The summed E-state index contributed by atoms with van der Waals surface area (Å²) < 4.78 is 0. The Hall–Kier alpha value is -1.35. The number of rotatable bonds is 4. The molecule has 0 spiro atoms. The second kappa shape index (κ2) is 5.40. The molecule has 1 heterocycles. The van der Waals surface area contributed by atoms with Crippen LogP contribution < -0.4 is 11.1 Å². The van der Waals surface area contributed by atoms with Crippen LogP contribution in [0, 0.1) is 6.92 Å². The second-order valence-electron chi connectivity index (χ2n) is 3.22. The van der Waals surface area contributed by atoms with Crippen molar-refractivity contribution in [3.05, 3.63) is 29.6 Å². The van der Waals surface area contributed by atoms with Crippen molar-refractivity contribution in [2.24, 2.45) is 0 Å². The number of aryl methyl sites for hydroxylation is 1. The van der Waals surface area contributed by atoms with Gasteiger partial charge in [0.25, 0.3) is 0 Å². The maximum atomic E-state index is 5.77. The standard InChI is InChI=1S/C11H17N3/c1-9-6-7-10(12)11(14-9)5-3-4-8-13-2/h3,5-7,13H,4,8,12H2,1-2H3. The zero-order chi connectivity index (χ0) is 10.4. The number of aromatic nitrogens is 1. The third-order valence-corrected chi connectivity index (χ3v) is 1.93. The molecule has 14 heavy (non-hydrogen) atoms. The third-order valence-electron chi connectivity index (χ3n) is 1.93. The molecule has 1 rings (SSSR count). The van der Waals surface area contributed by atoms with Crippen LogP contribution in [0.15, 0.2) is 18.2 Å². The van der Waals surface area contributed by atoms with Gasteiger partial charge >= 0.3 is 0 Å². The van der Waals surface area contributed by atoms with Crippen LogP contribution in [0.4, 0.5) is 5.69 Å². The van der Waals surface area contributed by atoms with Crippen LogP contribution >= 0.6 is 0 Å². The van der Waals surface area contributed by atoms with Crippen molar-refractivity contribution >= 4 is 11.8 Å². The van der Waals surface area contributed by atoms with E-state index in [1.165, 1.54) is 0 Å². The van der Waals surface area contributed by atoms with Gasteiger partial charge < -0.3 is 11.1 Å². The molecule has 0 unspecified atom stereocenters. The Morgan fingerprint density at radius 1 is 1.50 bits per heavy atom. The molecule has 0 bridgehead atoms. The second-order valence-corrected chi connectivity index (χ2v) is 3.22. The maximum Gasteiger partial charge on any atom is 0.0858 e. The van der Waals surface area contributed by atoms with Crippen LogP contribution in [-0.4, -0.2) is 18.6 Å². The average molecular weight is 191 g/mol. The smallest absolute Gasteiger partial charge is 0.0858 e. The van der Waals surface area contributed by atoms with E-state index in [0.29, 0.717) is 0 Å². The molecule has 0 saturated heterocycles. The summed E-state index contributed by atoms with van der Waals surface area (Å²) in [7, 11) is 1.94. The van der Waals surface area contributed by atoms with E-state index in [4.69, 9.17) is 5.73 Å². The first-order valence-corrected chi connectivity index (χ1v) is 4.78. The molecule has 0 aliphatic carbocycles. The molecule has 0 aliphatic heterocycles. The number of hydrogen-bond acceptors (Lipinski definition) is 3. The highest BCUT2D eigenvalue weighted by Crippen LogP contribution is 2.11. The van der Waals surface area contributed by atoms with Crippen molar-refractivity contribution in [3.63, 3.8) is 0 Å². The Labute approximate surface area is 85.0 Å². The van der Waals surface area contributed by atoms with Crippen molar-refractivity contribution in [1.82, 2.24) is 10.3 Å². The first-order valence-electron chi connectivity index (χ1n) is 4.78. The fraction of sp³-hybridized carbons (Fsp3) is 0.364. The van der Waals surface area contributed by atoms with Gasteiger partial charge in [-0.05, 0) is 45.1 Å². The summed E-state index contributed by atoms with van der Waals surface area (Å²) in [5.74, 6) is 0. The van der Waals surface area contributed by atoms with Gasteiger partial charge in [-0.15, -0.1) is 0 Å². The minimum Gasteiger partial charge on any atom is -0.397 e. The van der Waals surface area contributed by atoms with E-state index in [0.717, 1.165) is 30.0 Å². The number of nitrogens with one attached hydrogen (secondary N) is 1. The lowest BCUT2D eigenvalue weighted by molar-refractivity contribution is 0.809. The molecule has 0 aromatic carbocycles. The maximum absolute atomic E-state index is 5.77. The molecule has 0 saturated carbocycles. The predicted molar refractivity (Wildman–Crippen MR) is 61.0 cm³/mol. The zero-order valence-corrected chi connectivity index (χ0v) is 8.75. The Kier molecular flexibility index (Phi) is 4.13.